The molecule has 1 saturated heterocycles. The van der Waals surface area contributed by atoms with Gasteiger partial charge in [-0.25, -0.2) is 8.78 Å². The number of alkyl halides is 2. The molecule has 0 radical (unpaired) electrons. The predicted octanol–water partition coefficient (Wildman–Crippen LogP) is 5.45. The molecular weight excluding hydrogens is 552 g/mol. The Hall–Kier alpha value is -3.79. The van der Waals surface area contributed by atoms with Crippen molar-refractivity contribution in [1.29, 1.82) is 0 Å². The maximum Gasteiger partial charge on any atom is 0.264 e. The van der Waals surface area contributed by atoms with Gasteiger partial charge in [-0.2, -0.15) is 5.10 Å². The van der Waals surface area contributed by atoms with Gasteiger partial charge in [0.2, 0.25) is 11.8 Å². The number of β-amino-alcohol motifs (C(OH)–C–C–N with tert-alkyl or cyclic N) is 1. The first kappa shape index (κ1) is 29.3. The van der Waals surface area contributed by atoms with Gasteiger partial charge in [0.15, 0.2) is 0 Å². The number of halogens is 2. The number of aliphatic hydroxyl groups is 1. The molecule has 1 aromatic heterocycles. The zero-order valence-electron chi connectivity index (χ0n) is 25.2. The van der Waals surface area contributed by atoms with E-state index in [4.69, 9.17) is 0 Å². The molecule has 0 spiro atoms. The monoisotopic (exact) mass is 591 g/mol. The lowest BCUT2D eigenvalue weighted by Gasteiger charge is -2.37. The van der Waals surface area contributed by atoms with E-state index >= 15 is 0 Å². The molecule has 6 rings (SSSR count). The quantitative estimate of drug-likeness (QED) is 0.413. The van der Waals surface area contributed by atoms with Crippen molar-refractivity contribution in [2.75, 3.05) is 24.5 Å². The Kier molecular flexibility index (Phi) is 7.52. The largest absolute Gasteiger partial charge is 0.389 e. The predicted molar refractivity (Wildman–Crippen MR) is 160 cm³/mol. The Morgan fingerprint density at radius 1 is 1.12 bits per heavy atom. The van der Waals surface area contributed by atoms with E-state index in [0.29, 0.717) is 50.3 Å². The fourth-order valence-electron chi connectivity index (χ4n) is 6.90. The van der Waals surface area contributed by atoms with Crippen LogP contribution >= 0.6 is 0 Å². The van der Waals surface area contributed by atoms with Crippen molar-refractivity contribution in [3.05, 3.63) is 64.5 Å². The van der Waals surface area contributed by atoms with Crippen LogP contribution in [-0.4, -0.2) is 61.7 Å². The van der Waals surface area contributed by atoms with Crippen LogP contribution in [0.25, 0.3) is 11.1 Å². The van der Waals surface area contributed by atoms with Crippen molar-refractivity contribution >= 4 is 23.2 Å². The normalized spacial score (nSPS) is 18.8. The van der Waals surface area contributed by atoms with Crippen molar-refractivity contribution in [1.82, 2.24) is 19.6 Å². The maximum absolute atomic E-state index is 14.5. The zero-order chi connectivity index (χ0) is 30.6. The molecule has 0 bridgehead atoms. The number of amides is 2. The molecule has 8 nitrogen and oxygen atoms in total. The smallest absolute Gasteiger partial charge is 0.264 e. The van der Waals surface area contributed by atoms with Gasteiger partial charge in [0.25, 0.3) is 6.43 Å². The number of carbonyl (C=O) groups is 2. The molecule has 3 aromatic rings. The lowest BCUT2D eigenvalue weighted by Crippen LogP contribution is -2.45. The first-order chi connectivity index (χ1) is 20.4. The highest BCUT2D eigenvalue weighted by atomic mass is 19.3. The van der Waals surface area contributed by atoms with E-state index in [9.17, 15) is 23.5 Å². The Morgan fingerprint density at radius 3 is 2.56 bits per heavy atom. The standard InChI is InChI=1S/C33H39F2N5O3/c1-20(41)39-17-24-10-23(21-7-9-38(31(42)13-21)19-33(2,3)43)12-30(28(24)18-39)40-8-5-6-22-11-26(25-15-36-37(4)16-25)27(32(34)35)14-29(22)40/h10-12,14-16,21,32,43H,5-9,13,17-19H2,1-4H3. The second-order valence-corrected chi connectivity index (χ2v) is 12.9. The number of hydrogen-bond acceptors (Lipinski definition) is 5. The number of aromatic nitrogens is 2. The van der Waals surface area contributed by atoms with E-state index in [1.165, 1.54) is 0 Å². The minimum Gasteiger partial charge on any atom is -0.389 e. The highest BCUT2D eigenvalue weighted by molar-refractivity contribution is 5.81. The molecule has 0 saturated carbocycles. The fraction of sp³-hybridized carbons (Fsp3) is 0.485. The van der Waals surface area contributed by atoms with Crippen LogP contribution in [0.3, 0.4) is 0 Å². The van der Waals surface area contributed by atoms with Gasteiger partial charge in [-0.1, -0.05) is 6.07 Å². The van der Waals surface area contributed by atoms with Gasteiger partial charge < -0.3 is 19.8 Å². The third-order valence-electron chi connectivity index (χ3n) is 8.98. The molecule has 2 aromatic carbocycles. The molecule has 228 valence electrons. The first-order valence-electron chi connectivity index (χ1n) is 15.0. The summed E-state index contributed by atoms with van der Waals surface area (Å²) < 4.78 is 30.6. The number of nitrogens with zero attached hydrogens (tertiary/aromatic N) is 5. The van der Waals surface area contributed by atoms with Crippen LogP contribution in [0, 0.1) is 0 Å². The summed E-state index contributed by atoms with van der Waals surface area (Å²) in [4.78, 5) is 31.2. The number of hydrogen-bond donors (Lipinski definition) is 1. The first-order valence-corrected chi connectivity index (χ1v) is 15.0. The number of likely N-dealkylation sites (tertiary alicyclic amines) is 1. The van der Waals surface area contributed by atoms with Gasteiger partial charge in [-0.3, -0.25) is 14.3 Å². The molecule has 3 aliphatic rings. The van der Waals surface area contributed by atoms with Crippen LogP contribution < -0.4 is 4.90 Å². The molecule has 0 aliphatic carbocycles. The molecule has 10 heteroatoms. The molecule has 2 amide bonds. The lowest BCUT2D eigenvalue weighted by molar-refractivity contribution is -0.137. The molecule has 1 unspecified atom stereocenters. The van der Waals surface area contributed by atoms with Crippen molar-refractivity contribution in [2.24, 2.45) is 7.05 Å². The van der Waals surface area contributed by atoms with Gasteiger partial charge in [-0.05, 0) is 79.5 Å². The van der Waals surface area contributed by atoms with Crippen LogP contribution in [0.2, 0.25) is 0 Å². The van der Waals surface area contributed by atoms with Crippen LogP contribution in [0.1, 0.15) is 80.2 Å². The van der Waals surface area contributed by atoms with Crippen molar-refractivity contribution in [3.8, 4) is 11.1 Å². The molecule has 3 aliphatic heterocycles. The van der Waals surface area contributed by atoms with Crippen molar-refractivity contribution < 1.29 is 23.5 Å². The number of anilines is 2. The van der Waals surface area contributed by atoms with Gasteiger partial charge in [0.1, 0.15) is 0 Å². The molecule has 1 fully saturated rings. The van der Waals surface area contributed by atoms with Crippen LogP contribution in [0.4, 0.5) is 20.2 Å². The van der Waals surface area contributed by atoms with Crippen LogP contribution in [-0.2, 0) is 36.1 Å². The van der Waals surface area contributed by atoms with Gasteiger partial charge in [0.05, 0.1) is 11.8 Å². The molecule has 1 N–H and O–H groups in total. The third kappa shape index (κ3) is 5.77. The summed E-state index contributed by atoms with van der Waals surface area (Å²) in [7, 11) is 1.77. The number of benzene rings is 2. The summed E-state index contributed by atoms with van der Waals surface area (Å²) in [6, 6.07) is 7.78. The Labute approximate surface area is 250 Å². The van der Waals surface area contributed by atoms with Crippen molar-refractivity contribution in [3.63, 3.8) is 0 Å². The summed E-state index contributed by atoms with van der Waals surface area (Å²) in [6.45, 7) is 7.44. The summed E-state index contributed by atoms with van der Waals surface area (Å²) in [6.07, 6.45) is 3.45. The van der Waals surface area contributed by atoms with E-state index in [1.807, 2.05) is 6.07 Å². The molecule has 4 heterocycles. The summed E-state index contributed by atoms with van der Waals surface area (Å²) in [5.74, 6) is -0.00705. The maximum atomic E-state index is 14.5. The van der Waals surface area contributed by atoms with E-state index < -0.39 is 12.0 Å². The van der Waals surface area contributed by atoms with E-state index in [0.717, 1.165) is 52.9 Å². The topological polar surface area (TPSA) is 81.9 Å². The summed E-state index contributed by atoms with van der Waals surface area (Å²) in [5, 5.41) is 14.5. The summed E-state index contributed by atoms with van der Waals surface area (Å²) in [5.41, 5.74) is 5.99. The molecule has 43 heavy (non-hydrogen) atoms. The Morgan fingerprint density at radius 2 is 1.91 bits per heavy atom. The minimum atomic E-state index is -2.66. The summed E-state index contributed by atoms with van der Waals surface area (Å²) >= 11 is 0. The number of carbonyl (C=O) groups excluding carboxylic acids is 2. The van der Waals surface area contributed by atoms with E-state index in [1.54, 1.807) is 60.8 Å². The van der Waals surface area contributed by atoms with Crippen LogP contribution in [0.5, 0.6) is 0 Å². The minimum absolute atomic E-state index is 0.00479. The number of rotatable bonds is 6. The average Bonchev–Trinajstić information content (AvgIpc) is 3.58. The van der Waals surface area contributed by atoms with Crippen molar-refractivity contribution in [2.45, 2.75) is 77.5 Å². The number of fused-ring (bicyclic) bond motifs is 2. The third-order valence-corrected chi connectivity index (χ3v) is 8.98. The second kappa shape index (κ2) is 11.0. The Balaban J connectivity index is 1.41. The van der Waals surface area contributed by atoms with E-state index in [2.05, 4.69) is 22.1 Å². The average molecular weight is 592 g/mol. The van der Waals surface area contributed by atoms with Gasteiger partial charge >= 0.3 is 0 Å². The lowest BCUT2D eigenvalue weighted by atomic mass is 9.86. The SMILES string of the molecule is CC(=O)N1Cc2cc(C3CCN(CC(C)(C)O)C(=O)C3)cc(N3CCCc4cc(-c5cnn(C)c5)c(C(F)F)cc43)c2C1. The zero-order valence-corrected chi connectivity index (χ0v) is 25.2. The fourth-order valence-corrected chi connectivity index (χ4v) is 6.90. The molecular formula is C33H39F2N5O3. The highest BCUT2D eigenvalue weighted by Crippen LogP contribution is 2.45. The van der Waals surface area contributed by atoms with E-state index in [-0.39, 0.29) is 23.3 Å². The second-order valence-electron chi connectivity index (χ2n) is 12.9. The number of piperidine rings is 1. The number of aryl methyl sites for hydroxylation is 2. The Bertz CT molecular complexity index is 1580. The van der Waals surface area contributed by atoms with Gasteiger partial charge in [-0.15, -0.1) is 0 Å². The van der Waals surface area contributed by atoms with Crippen LogP contribution in [0.15, 0.2) is 36.7 Å². The highest BCUT2D eigenvalue weighted by Gasteiger charge is 2.34. The molecule has 1 atom stereocenters. The van der Waals surface area contributed by atoms with Gasteiger partial charge in [0, 0.05) is 87.4 Å².